The first-order chi connectivity index (χ1) is 9.09. The lowest BCUT2D eigenvalue weighted by Gasteiger charge is -2.42. The van der Waals surface area contributed by atoms with Gasteiger partial charge in [-0.15, -0.1) is 0 Å². The third-order valence-corrected chi connectivity index (χ3v) is 3.66. The Morgan fingerprint density at radius 3 is 2.63 bits per heavy atom. The van der Waals surface area contributed by atoms with Crippen molar-refractivity contribution in [2.75, 3.05) is 20.8 Å². The van der Waals surface area contributed by atoms with Crippen LogP contribution in [0.15, 0.2) is 24.3 Å². The van der Waals surface area contributed by atoms with Gasteiger partial charge in [-0.1, -0.05) is 0 Å². The van der Waals surface area contributed by atoms with E-state index in [-0.39, 0.29) is 0 Å². The molecule has 5 heteroatoms. The van der Waals surface area contributed by atoms with Crippen molar-refractivity contribution in [1.82, 2.24) is 0 Å². The average Bonchev–Trinajstić information content (AvgIpc) is 2.80. The fourth-order valence-electron chi connectivity index (χ4n) is 2.62. The Labute approximate surface area is 112 Å². The summed E-state index contributed by atoms with van der Waals surface area (Å²) in [7, 11) is 2.93. The van der Waals surface area contributed by atoms with Crippen molar-refractivity contribution in [3.63, 3.8) is 0 Å². The molecule has 1 saturated heterocycles. The summed E-state index contributed by atoms with van der Waals surface area (Å²) in [4.78, 5) is 11.7. The van der Waals surface area contributed by atoms with E-state index in [9.17, 15) is 10.0 Å². The number of nitrogens with zero attached hydrogens (tertiary/aromatic N) is 1. The second kappa shape index (κ2) is 5.59. The summed E-state index contributed by atoms with van der Waals surface area (Å²) < 4.78 is 9.30. The van der Waals surface area contributed by atoms with Crippen molar-refractivity contribution >= 4 is 5.97 Å². The van der Waals surface area contributed by atoms with E-state index < -0.39 is 16.7 Å². The standard InChI is InChI=1S/C14H19NO4/c1-18-12-7-5-11(6-8-12)10-15(17)9-3-4-13(15)14(16)19-2/h5-8,13H,3-4,9-10H2,1-2H3. The van der Waals surface area contributed by atoms with Crippen molar-refractivity contribution in [3.05, 3.63) is 35.0 Å². The Balaban J connectivity index is 2.13. The Kier molecular flexibility index (Phi) is 4.07. The van der Waals surface area contributed by atoms with Gasteiger partial charge in [-0.05, 0) is 24.3 Å². The summed E-state index contributed by atoms with van der Waals surface area (Å²) in [5.41, 5.74) is 0.909. The average molecular weight is 265 g/mol. The molecular formula is C14H19NO4. The van der Waals surface area contributed by atoms with E-state index in [0.29, 0.717) is 19.5 Å². The topological polar surface area (TPSA) is 58.6 Å². The fourth-order valence-corrected chi connectivity index (χ4v) is 2.62. The van der Waals surface area contributed by atoms with E-state index in [1.54, 1.807) is 7.11 Å². The molecule has 2 unspecified atom stereocenters. The minimum absolute atomic E-state index is 0.295. The number of esters is 1. The molecule has 0 spiro atoms. The van der Waals surface area contributed by atoms with Crippen molar-refractivity contribution in [3.8, 4) is 5.75 Å². The number of hydrogen-bond acceptors (Lipinski definition) is 4. The lowest BCUT2D eigenvalue weighted by Crippen LogP contribution is -2.49. The lowest BCUT2D eigenvalue weighted by atomic mass is 10.1. The highest BCUT2D eigenvalue weighted by atomic mass is 16.6. The Morgan fingerprint density at radius 2 is 2.05 bits per heavy atom. The van der Waals surface area contributed by atoms with Gasteiger partial charge < -0.3 is 19.3 Å². The molecule has 0 aromatic heterocycles. The smallest absolute Gasteiger partial charge is 0.365 e. The molecule has 19 heavy (non-hydrogen) atoms. The Morgan fingerprint density at radius 1 is 1.37 bits per heavy atom. The quantitative estimate of drug-likeness (QED) is 0.473. The molecular weight excluding hydrogens is 246 g/mol. The molecule has 1 aliphatic heterocycles. The normalized spacial score (nSPS) is 26.2. The van der Waals surface area contributed by atoms with Crippen molar-refractivity contribution in [2.45, 2.75) is 25.4 Å². The summed E-state index contributed by atoms with van der Waals surface area (Å²) in [5.74, 6) is 0.355. The van der Waals surface area contributed by atoms with Gasteiger partial charge in [0.15, 0.2) is 6.04 Å². The third kappa shape index (κ3) is 2.88. The predicted octanol–water partition coefficient (Wildman–Crippen LogP) is 1.85. The van der Waals surface area contributed by atoms with Crippen LogP contribution in [0, 0.1) is 5.21 Å². The molecule has 1 heterocycles. The first kappa shape index (κ1) is 13.8. The molecule has 0 radical (unpaired) electrons. The summed E-state index contributed by atoms with van der Waals surface area (Å²) >= 11 is 0. The summed E-state index contributed by atoms with van der Waals surface area (Å²) in [6.07, 6.45) is 1.37. The molecule has 1 aliphatic rings. The number of ether oxygens (including phenoxy) is 2. The number of hydroxylamine groups is 3. The second-order valence-electron chi connectivity index (χ2n) is 4.86. The van der Waals surface area contributed by atoms with Crippen LogP contribution in [0.3, 0.4) is 0 Å². The number of methoxy groups -OCH3 is 2. The summed E-state index contributed by atoms with van der Waals surface area (Å²) in [6, 6.07) is 6.79. The maximum atomic E-state index is 12.8. The Hall–Kier alpha value is -1.59. The maximum absolute atomic E-state index is 12.8. The predicted molar refractivity (Wildman–Crippen MR) is 70.2 cm³/mol. The van der Waals surface area contributed by atoms with Crippen LogP contribution in [0.25, 0.3) is 0 Å². The molecule has 104 valence electrons. The molecule has 1 aromatic carbocycles. The van der Waals surface area contributed by atoms with Gasteiger partial charge in [0, 0.05) is 18.4 Å². The van der Waals surface area contributed by atoms with Gasteiger partial charge >= 0.3 is 5.97 Å². The van der Waals surface area contributed by atoms with Gasteiger partial charge in [-0.3, -0.25) is 0 Å². The van der Waals surface area contributed by atoms with E-state index in [1.165, 1.54) is 7.11 Å². The Bertz CT molecular complexity index is 445. The van der Waals surface area contributed by atoms with Gasteiger partial charge in [0.25, 0.3) is 0 Å². The van der Waals surface area contributed by atoms with Crippen LogP contribution in [-0.2, 0) is 16.1 Å². The lowest BCUT2D eigenvalue weighted by molar-refractivity contribution is -0.897. The van der Waals surface area contributed by atoms with E-state index in [2.05, 4.69) is 0 Å². The number of benzene rings is 1. The van der Waals surface area contributed by atoms with Crippen LogP contribution in [-0.4, -0.2) is 37.4 Å². The van der Waals surface area contributed by atoms with E-state index >= 15 is 0 Å². The maximum Gasteiger partial charge on any atom is 0.365 e. The number of hydrogen-bond donors (Lipinski definition) is 0. The number of carbonyl (C=O) groups is 1. The van der Waals surface area contributed by atoms with Crippen LogP contribution in [0.4, 0.5) is 0 Å². The fraction of sp³-hybridized carbons (Fsp3) is 0.500. The SMILES string of the molecule is COC(=O)C1CCC[N+]1([O-])Cc1ccc(OC)cc1. The van der Waals surface area contributed by atoms with Crippen LogP contribution >= 0.6 is 0 Å². The van der Waals surface area contributed by atoms with Gasteiger partial charge in [-0.25, -0.2) is 4.79 Å². The third-order valence-electron chi connectivity index (χ3n) is 3.66. The van der Waals surface area contributed by atoms with E-state index in [1.807, 2.05) is 24.3 Å². The number of likely N-dealkylation sites (tertiary alicyclic amines) is 1. The molecule has 0 aliphatic carbocycles. The molecule has 0 N–H and O–H groups in total. The highest BCUT2D eigenvalue weighted by Crippen LogP contribution is 2.29. The zero-order valence-corrected chi connectivity index (χ0v) is 11.3. The van der Waals surface area contributed by atoms with Gasteiger partial charge in [0.1, 0.15) is 12.3 Å². The van der Waals surface area contributed by atoms with Crippen molar-refractivity contribution < 1.29 is 18.9 Å². The molecule has 5 nitrogen and oxygen atoms in total. The van der Waals surface area contributed by atoms with Gasteiger partial charge in [0.2, 0.25) is 0 Å². The largest absolute Gasteiger partial charge is 0.632 e. The van der Waals surface area contributed by atoms with Crippen LogP contribution < -0.4 is 4.74 Å². The van der Waals surface area contributed by atoms with Gasteiger partial charge in [0.05, 0.1) is 20.8 Å². The van der Waals surface area contributed by atoms with Crippen molar-refractivity contribution in [1.29, 1.82) is 0 Å². The molecule has 2 rings (SSSR count). The zero-order valence-electron chi connectivity index (χ0n) is 11.3. The number of carbonyl (C=O) groups excluding carboxylic acids is 1. The molecule has 1 aromatic rings. The minimum atomic E-state index is -0.591. The molecule has 2 atom stereocenters. The number of quaternary nitrogens is 1. The van der Waals surface area contributed by atoms with Crippen LogP contribution in [0.2, 0.25) is 0 Å². The zero-order chi connectivity index (χ0) is 13.9. The highest BCUT2D eigenvalue weighted by Gasteiger charge is 2.40. The highest BCUT2D eigenvalue weighted by molar-refractivity contribution is 5.74. The first-order valence-electron chi connectivity index (χ1n) is 6.37. The van der Waals surface area contributed by atoms with Crippen molar-refractivity contribution in [2.24, 2.45) is 0 Å². The molecule has 1 fully saturated rings. The van der Waals surface area contributed by atoms with Gasteiger partial charge in [-0.2, -0.15) is 0 Å². The summed E-state index contributed by atoms with van der Waals surface area (Å²) in [5, 5.41) is 12.8. The minimum Gasteiger partial charge on any atom is -0.632 e. The second-order valence-corrected chi connectivity index (χ2v) is 4.86. The molecule has 0 bridgehead atoms. The molecule has 0 amide bonds. The van der Waals surface area contributed by atoms with E-state index in [0.717, 1.165) is 17.7 Å². The molecule has 0 saturated carbocycles. The first-order valence-corrected chi connectivity index (χ1v) is 6.37. The number of rotatable bonds is 4. The van der Waals surface area contributed by atoms with Crippen LogP contribution in [0.1, 0.15) is 18.4 Å². The van der Waals surface area contributed by atoms with E-state index in [4.69, 9.17) is 9.47 Å². The monoisotopic (exact) mass is 265 g/mol. The van der Waals surface area contributed by atoms with Crippen LogP contribution in [0.5, 0.6) is 5.75 Å². The summed E-state index contributed by atoms with van der Waals surface area (Å²) in [6.45, 7) is 0.759.